The van der Waals surface area contributed by atoms with Crippen LogP contribution in [0.4, 0.5) is 0 Å². The van der Waals surface area contributed by atoms with Crippen molar-refractivity contribution in [1.29, 1.82) is 0 Å². The largest absolute Gasteiger partial charge is 0.491 e. The van der Waals surface area contributed by atoms with Gasteiger partial charge >= 0.3 is 5.97 Å². The molecule has 1 saturated heterocycles. The average Bonchev–Trinajstić information content (AvgIpc) is 2.95. The zero-order valence-electron chi connectivity index (χ0n) is 12.7. The van der Waals surface area contributed by atoms with Gasteiger partial charge in [-0.3, -0.25) is 4.79 Å². The lowest BCUT2D eigenvalue weighted by atomic mass is 9.79. The summed E-state index contributed by atoms with van der Waals surface area (Å²) in [5, 5.41) is 10.1. The van der Waals surface area contributed by atoms with E-state index in [1.54, 1.807) is 12.1 Å². The minimum Gasteiger partial charge on any atom is -0.491 e. The van der Waals surface area contributed by atoms with Crippen molar-refractivity contribution < 1.29 is 19.4 Å². The maximum Gasteiger partial charge on any atom is 0.314 e. The summed E-state index contributed by atoms with van der Waals surface area (Å²) in [4.78, 5) is 11.7. The molecular formula is C17H21ClO4. The molecule has 0 unspecified atom stereocenters. The van der Waals surface area contributed by atoms with E-state index in [1.807, 2.05) is 6.07 Å². The van der Waals surface area contributed by atoms with Crippen LogP contribution in [0, 0.1) is 5.41 Å². The first-order chi connectivity index (χ1) is 10.5. The molecule has 2 fully saturated rings. The highest BCUT2D eigenvalue weighted by Gasteiger charge is 2.43. The van der Waals surface area contributed by atoms with Crippen molar-refractivity contribution in [3.05, 3.63) is 28.8 Å². The van der Waals surface area contributed by atoms with Crippen LogP contribution in [0.15, 0.2) is 18.2 Å². The molecule has 0 amide bonds. The van der Waals surface area contributed by atoms with Crippen molar-refractivity contribution in [3.63, 3.8) is 0 Å². The second-order valence-corrected chi connectivity index (χ2v) is 7.24. The van der Waals surface area contributed by atoms with Gasteiger partial charge in [0, 0.05) is 5.41 Å². The third-order valence-corrected chi connectivity index (χ3v) is 5.12. The summed E-state index contributed by atoms with van der Waals surface area (Å²) >= 11 is 6.32. The first kappa shape index (κ1) is 15.6. The molecule has 1 heterocycles. The Bertz CT molecular complexity index is 574. The summed E-state index contributed by atoms with van der Waals surface area (Å²) in [7, 11) is 0. The van der Waals surface area contributed by atoms with Gasteiger partial charge in [0.25, 0.3) is 0 Å². The number of hydrogen-bond donors (Lipinski definition) is 1. The van der Waals surface area contributed by atoms with Gasteiger partial charge in [0.2, 0.25) is 0 Å². The second kappa shape index (κ2) is 5.74. The van der Waals surface area contributed by atoms with Crippen LogP contribution < -0.4 is 4.74 Å². The SMILES string of the molecule is CC1(COc2ccc(C3(C(=O)O)CCCC3)cc2Cl)COC1. The lowest BCUT2D eigenvalue weighted by Crippen LogP contribution is -2.44. The van der Waals surface area contributed by atoms with Crippen molar-refractivity contribution in [2.45, 2.75) is 38.0 Å². The fourth-order valence-electron chi connectivity index (χ4n) is 3.31. The summed E-state index contributed by atoms with van der Waals surface area (Å²) in [5.74, 6) is -0.147. The number of rotatable bonds is 5. The van der Waals surface area contributed by atoms with Crippen LogP contribution in [-0.2, 0) is 14.9 Å². The van der Waals surface area contributed by atoms with Crippen LogP contribution in [0.2, 0.25) is 5.02 Å². The molecule has 4 nitrogen and oxygen atoms in total. The Morgan fingerprint density at radius 2 is 2.05 bits per heavy atom. The Morgan fingerprint density at radius 1 is 1.36 bits per heavy atom. The lowest BCUT2D eigenvalue weighted by molar-refractivity contribution is -0.143. The summed E-state index contributed by atoms with van der Waals surface area (Å²) in [6.07, 6.45) is 3.24. The molecule has 1 saturated carbocycles. The number of halogens is 1. The van der Waals surface area contributed by atoms with Gasteiger partial charge in [-0.25, -0.2) is 0 Å². The van der Waals surface area contributed by atoms with E-state index < -0.39 is 11.4 Å². The maximum absolute atomic E-state index is 11.7. The van der Waals surface area contributed by atoms with Gasteiger partial charge in [0.1, 0.15) is 5.75 Å². The van der Waals surface area contributed by atoms with Gasteiger partial charge in [-0.15, -0.1) is 0 Å². The van der Waals surface area contributed by atoms with Crippen LogP contribution in [0.5, 0.6) is 5.75 Å². The van der Waals surface area contributed by atoms with E-state index in [0.29, 0.717) is 43.4 Å². The van der Waals surface area contributed by atoms with Crippen molar-refractivity contribution in [3.8, 4) is 5.75 Å². The summed E-state index contributed by atoms with van der Waals surface area (Å²) < 4.78 is 11.0. The predicted octanol–water partition coefficient (Wildman–Crippen LogP) is 3.65. The molecule has 1 aromatic rings. The summed E-state index contributed by atoms with van der Waals surface area (Å²) in [5.41, 5.74) is 0.0548. The van der Waals surface area contributed by atoms with E-state index in [4.69, 9.17) is 21.1 Å². The monoisotopic (exact) mass is 324 g/mol. The van der Waals surface area contributed by atoms with Crippen LogP contribution in [0.1, 0.15) is 38.2 Å². The predicted molar refractivity (Wildman–Crippen MR) is 83.7 cm³/mol. The van der Waals surface area contributed by atoms with Crippen molar-refractivity contribution in [2.75, 3.05) is 19.8 Å². The molecule has 0 radical (unpaired) electrons. The number of carboxylic acids is 1. The normalized spacial score (nSPS) is 22.1. The summed E-state index contributed by atoms with van der Waals surface area (Å²) in [6.45, 7) is 4.06. The molecular weight excluding hydrogens is 304 g/mol. The van der Waals surface area contributed by atoms with Crippen LogP contribution in [-0.4, -0.2) is 30.9 Å². The molecule has 3 rings (SSSR count). The number of aliphatic carboxylic acids is 1. The molecule has 1 aromatic carbocycles. The molecule has 0 spiro atoms. The first-order valence-electron chi connectivity index (χ1n) is 7.69. The minimum atomic E-state index is -0.782. The summed E-state index contributed by atoms with van der Waals surface area (Å²) in [6, 6.07) is 5.40. The molecule has 1 N–H and O–H groups in total. The Kier molecular flexibility index (Phi) is 4.08. The van der Waals surface area contributed by atoms with Gasteiger partial charge in [-0.2, -0.15) is 0 Å². The Morgan fingerprint density at radius 3 is 2.55 bits per heavy atom. The minimum absolute atomic E-state index is 0.0513. The quantitative estimate of drug-likeness (QED) is 0.898. The molecule has 1 aliphatic heterocycles. The van der Waals surface area contributed by atoms with E-state index in [0.717, 1.165) is 18.4 Å². The molecule has 1 aliphatic carbocycles. The molecule has 0 atom stereocenters. The molecule has 0 aromatic heterocycles. The number of carbonyl (C=O) groups is 1. The average molecular weight is 325 g/mol. The van der Waals surface area contributed by atoms with E-state index in [1.165, 1.54) is 0 Å². The molecule has 22 heavy (non-hydrogen) atoms. The Labute approximate surface area is 135 Å². The fraction of sp³-hybridized carbons (Fsp3) is 0.588. The van der Waals surface area contributed by atoms with Crippen LogP contribution in [0.3, 0.4) is 0 Å². The van der Waals surface area contributed by atoms with Gasteiger partial charge in [-0.05, 0) is 30.5 Å². The topological polar surface area (TPSA) is 55.8 Å². The lowest BCUT2D eigenvalue weighted by Gasteiger charge is -2.37. The third-order valence-electron chi connectivity index (χ3n) is 4.83. The van der Waals surface area contributed by atoms with E-state index in [-0.39, 0.29) is 5.41 Å². The third kappa shape index (κ3) is 2.70. The van der Waals surface area contributed by atoms with E-state index in [2.05, 4.69) is 6.92 Å². The number of carboxylic acid groups (broad SMARTS) is 1. The standard InChI is InChI=1S/C17H21ClO4/c1-16(9-21-10-16)11-22-14-5-4-12(8-13(14)18)17(15(19)20)6-2-3-7-17/h4-5,8H,2-3,6-7,9-11H2,1H3,(H,19,20). The molecule has 120 valence electrons. The van der Waals surface area contributed by atoms with E-state index >= 15 is 0 Å². The smallest absolute Gasteiger partial charge is 0.314 e. The second-order valence-electron chi connectivity index (χ2n) is 6.83. The number of hydrogen-bond acceptors (Lipinski definition) is 3. The highest BCUT2D eigenvalue weighted by molar-refractivity contribution is 6.32. The zero-order valence-corrected chi connectivity index (χ0v) is 13.5. The van der Waals surface area contributed by atoms with E-state index in [9.17, 15) is 9.90 Å². The van der Waals surface area contributed by atoms with Gasteiger partial charge in [0.15, 0.2) is 0 Å². The molecule has 5 heteroatoms. The fourth-order valence-corrected chi connectivity index (χ4v) is 3.54. The Hall–Kier alpha value is -1.26. The number of benzene rings is 1. The van der Waals surface area contributed by atoms with Crippen LogP contribution >= 0.6 is 11.6 Å². The van der Waals surface area contributed by atoms with Crippen LogP contribution in [0.25, 0.3) is 0 Å². The first-order valence-corrected chi connectivity index (χ1v) is 8.07. The van der Waals surface area contributed by atoms with Gasteiger partial charge in [-0.1, -0.05) is 37.4 Å². The maximum atomic E-state index is 11.7. The van der Waals surface area contributed by atoms with Crippen molar-refractivity contribution >= 4 is 17.6 Å². The zero-order chi connectivity index (χ0) is 15.8. The van der Waals surface area contributed by atoms with Crippen molar-refractivity contribution in [2.24, 2.45) is 5.41 Å². The van der Waals surface area contributed by atoms with Gasteiger partial charge < -0.3 is 14.6 Å². The molecule has 2 aliphatic rings. The van der Waals surface area contributed by atoms with Gasteiger partial charge in [0.05, 0.1) is 30.3 Å². The number of ether oxygens (including phenoxy) is 2. The van der Waals surface area contributed by atoms with Crippen molar-refractivity contribution in [1.82, 2.24) is 0 Å². The highest BCUT2D eigenvalue weighted by Crippen LogP contribution is 2.43. The Balaban J connectivity index is 1.78. The molecule has 0 bridgehead atoms. The highest BCUT2D eigenvalue weighted by atomic mass is 35.5.